The lowest BCUT2D eigenvalue weighted by atomic mass is 9.71. The first-order valence-electron chi connectivity index (χ1n) is 7.42. The lowest BCUT2D eigenvalue weighted by Gasteiger charge is -2.38. The van der Waals surface area contributed by atoms with Crippen LogP contribution in [0.2, 0.25) is 0 Å². The first-order chi connectivity index (χ1) is 8.84. The van der Waals surface area contributed by atoms with Crippen LogP contribution in [0, 0.1) is 11.3 Å². The normalized spacial score (nSPS) is 28.0. The van der Waals surface area contributed by atoms with Crippen LogP contribution in [0.15, 0.2) is 0 Å². The number of hydrogen-bond donors (Lipinski definition) is 2. The number of nitrogens with one attached hydrogen (secondary N) is 1. The number of carboxylic acid groups (broad SMARTS) is 1. The van der Waals surface area contributed by atoms with Crippen molar-refractivity contribution >= 4 is 5.97 Å². The Morgan fingerprint density at radius 3 is 2.68 bits per heavy atom. The van der Waals surface area contributed by atoms with Gasteiger partial charge in [0, 0.05) is 6.61 Å². The van der Waals surface area contributed by atoms with Crippen LogP contribution >= 0.6 is 0 Å². The largest absolute Gasteiger partial charge is 0.480 e. The molecule has 1 aliphatic rings. The van der Waals surface area contributed by atoms with Gasteiger partial charge >= 0.3 is 5.97 Å². The van der Waals surface area contributed by atoms with E-state index in [2.05, 4.69) is 26.1 Å². The predicted molar refractivity (Wildman–Crippen MR) is 76.3 cm³/mol. The average molecular weight is 271 g/mol. The molecular formula is C15H29NO3. The maximum absolute atomic E-state index is 11.0. The zero-order chi connectivity index (χ0) is 14.5. The van der Waals surface area contributed by atoms with E-state index < -0.39 is 12.0 Å². The molecule has 3 unspecified atom stereocenters. The minimum atomic E-state index is -0.789. The van der Waals surface area contributed by atoms with E-state index in [1.165, 1.54) is 6.42 Å². The van der Waals surface area contributed by atoms with Gasteiger partial charge < -0.3 is 15.2 Å². The number of carbonyl (C=O) groups is 1. The second-order valence-corrected chi connectivity index (χ2v) is 6.64. The van der Waals surface area contributed by atoms with Gasteiger partial charge in [0.15, 0.2) is 0 Å². The third-order valence-electron chi connectivity index (χ3n) is 3.86. The Balaban J connectivity index is 2.33. The maximum Gasteiger partial charge on any atom is 0.320 e. The Morgan fingerprint density at radius 1 is 1.47 bits per heavy atom. The van der Waals surface area contributed by atoms with Crippen LogP contribution in [0.1, 0.15) is 53.4 Å². The van der Waals surface area contributed by atoms with Crippen LogP contribution in [0.25, 0.3) is 0 Å². The number of likely N-dealkylation sites (N-methyl/N-ethyl adjacent to an activating group) is 1. The highest BCUT2D eigenvalue weighted by atomic mass is 16.5. The fourth-order valence-electron chi connectivity index (χ4n) is 3.30. The van der Waals surface area contributed by atoms with Gasteiger partial charge in [0.2, 0.25) is 0 Å². The molecule has 4 heteroatoms. The van der Waals surface area contributed by atoms with Crippen LogP contribution in [0.4, 0.5) is 0 Å². The smallest absolute Gasteiger partial charge is 0.320 e. The number of hydrogen-bond acceptors (Lipinski definition) is 3. The molecule has 0 aromatic carbocycles. The van der Waals surface area contributed by atoms with E-state index in [-0.39, 0.29) is 6.10 Å². The molecule has 1 rings (SSSR count). The highest BCUT2D eigenvalue weighted by molar-refractivity contribution is 5.73. The van der Waals surface area contributed by atoms with Crippen molar-refractivity contribution < 1.29 is 14.6 Å². The third kappa shape index (κ3) is 5.91. The van der Waals surface area contributed by atoms with Crippen LogP contribution in [-0.4, -0.2) is 36.4 Å². The lowest BCUT2D eigenvalue weighted by molar-refractivity contribution is -0.140. The predicted octanol–water partition coefficient (Wildman–Crippen LogP) is 2.67. The Bertz CT molecular complexity index is 291. The molecule has 0 spiro atoms. The van der Waals surface area contributed by atoms with E-state index in [0.717, 1.165) is 12.8 Å². The van der Waals surface area contributed by atoms with Gasteiger partial charge in [-0.25, -0.2) is 0 Å². The van der Waals surface area contributed by atoms with Crippen molar-refractivity contribution in [2.45, 2.75) is 65.5 Å². The van der Waals surface area contributed by atoms with Crippen molar-refractivity contribution in [2.24, 2.45) is 11.3 Å². The molecule has 19 heavy (non-hydrogen) atoms. The minimum absolute atomic E-state index is 0.287. The second kappa shape index (κ2) is 7.25. The molecule has 1 fully saturated rings. The standard InChI is InChI=1S/C15H29NO3/c1-5-16-13(14(17)18)6-7-19-12-8-11(2)9-15(3,4)10-12/h11-13,16H,5-10H2,1-4H3,(H,17,18). The number of aliphatic carboxylic acids is 1. The maximum atomic E-state index is 11.0. The summed E-state index contributed by atoms with van der Waals surface area (Å²) in [7, 11) is 0. The Hall–Kier alpha value is -0.610. The molecular weight excluding hydrogens is 242 g/mol. The Labute approximate surface area is 116 Å². The van der Waals surface area contributed by atoms with Gasteiger partial charge in [-0.2, -0.15) is 0 Å². The van der Waals surface area contributed by atoms with Gasteiger partial charge in [0.25, 0.3) is 0 Å². The minimum Gasteiger partial charge on any atom is -0.480 e. The highest BCUT2D eigenvalue weighted by Gasteiger charge is 2.32. The molecule has 3 atom stereocenters. The van der Waals surface area contributed by atoms with Crippen LogP contribution in [-0.2, 0) is 9.53 Å². The zero-order valence-corrected chi connectivity index (χ0v) is 12.7. The Kier molecular flexibility index (Phi) is 6.27. The quantitative estimate of drug-likeness (QED) is 0.747. The molecule has 0 aromatic rings. The van der Waals surface area contributed by atoms with E-state index in [4.69, 9.17) is 9.84 Å². The second-order valence-electron chi connectivity index (χ2n) is 6.64. The summed E-state index contributed by atoms with van der Waals surface area (Å²) in [5.74, 6) is -0.0967. The van der Waals surface area contributed by atoms with Crippen molar-refractivity contribution in [3.05, 3.63) is 0 Å². The molecule has 0 aliphatic heterocycles. The van der Waals surface area contributed by atoms with Gasteiger partial charge in [0.05, 0.1) is 6.10 Å². The molecule has 0 bridgehead atoms. The average Bonchev–Trinajstić information content (AvgIpc) is 2.24. The van der Waals surface area contributed by atoms with Crippen LogP contribution in [0.5, 0.6) is 0 Å². The first kappa shape index (κ1) is 16.4. The van der Waals surface area contributed by atoms with Crippen LogP contribution in [0.3, 0.4) is 0 Å². The van der Waals surface area contributed by atoms with E-state index in [9.17, 15) is 4.79 Å². The zero-order valence-electron chi connectivity index (χ0n) is 12.7. The summed E-state index contributed by atoms with van der Waals surface area (Å²) in [6, 6.07) is -0.487. The van der Waals surface area contributed by atoms with Crippen molar-refractivity contribution in [1.82, 2.24) is 5.32 Å². The summed E-state index contributed by atoms with van der Waals surface area (Å²) in [6.45, 7) is 9.97. The van der Waals surface area contributed by atoms with Crippen LogP contribution < -0.4 is 5.32 Å². The van der Waals surface area contributed by atoms with E-state index in [1.54, 1.807) is 0 Å². The van der Waals surface area contributed by atoms with Crippen molar-refractivity contribution in [2.75, 3.05) is 13.2 Å². The topological polar surface area (TPSA) is 58.6 Å². The number of rotatable bonds is 7. The molecule has 2 N–H and O–H groups in total. The fraction of sp³-hybridized carbons (Fsp3) is 0.933. The van der Waals surface area contributed by atoms with Gasteiger partial charge in [-0.05, 0) is 43.6 Å². The molecule has 0 saturated heterocycles. The summed E-state index contributed by atoms with van der Waals surface area (Å²) in [6.07, 6.45) is 4.25. The Morgan fingerprint density at radius 2 is 2.16 bits per heavy atom. The van der Waals surface area contributed by atoms with Crippen molar-refractivity contribution in [3.8, 4) is 0 Å². The molecule has 0 radical (unpaired) electrons. The van der Waals surface area contributed by atoms with E-state index in [1.807, 2.05) is 6.92 Å². The summed E-state index contributed by atoms with van der Waals surface area (Å²) in [5.41, 5.74) is 0.343. The van der Waals surface area contributed by atoms with Crippen molar-refractivity contribution in [1.29, 1.82) is 0 Å². The lowest BCUT2D eigenvalue weighted by Crippen LogP contribution is -2.38. The molecule has 4 nitrogen and oxygen atoms in total. The monoisotopic (exact) mass is 271 g/mol. The fourth-order valence-corrected chi connectivity index (χ4v) is 3.30. The molecule has 0 aromatic heterocycles. The summed E-state index contributed by atoms with van der Waals surface area (Å²) < 4.78 is 5.91. The highest BCUT2D eigenvalue weighted by Crippen LogP contribution is 2.39. The molecule has 1 saturated carbocycles. The van der Waals surface area contributed by atoms with Gasteiger partial charge in [0.1, 0.15) is 6.04 Å². The molecule has 1 aliphatic carbocycles. The SMILES string of the molecule is CCNC(CCOC1CC(C)CC(C)(C)C1)C(=O)O. The van der Waals surface area contributed by atoms with Gasteiger partial charge in [-0.15, -0.1) is 0 Å². The molecule has 112 valence electrons. The number of carboxylic acids is 1. The summed E-state index contributed by atoms with van der Waals surface area (Å²) >= 11 is 0. The van der Waals surface area contributed by atoms with Crippen molar-refractivity contribution in [3.63, 3.8) is 0 Å². The van der Waals surface area contributed by atoms with Gasteiger partial charge in [-0.1, -0.05) is 27.7 Å². The third-order valence-corrected chi connectivity index (χ3v) is 3.86. The summed E-state index contributed by atoms with van der Waals surface area (Å²) in [5, 5.41) is 12.0. The van der Waals surface area contributed by atoms with E-state index >= 15 is 0 Å². The summed E-state index contributed by atoms with van der Waals surface area (Å²) in [4.78, 5) is 11.0. The molecule has 0 heterocycles. The molecule has 0 amide bonds. The first-order valence-corrected chi connectivity index (χ1v) is 7.42. The van der Waals surface area contributed by atoms with E-state index in [0.29, 0.717) is 30.9 Å². The number of ether oxygens (including phenoxy) is 1. The van der Waals surface area contributed by atoms with Gasteiger partial charge in [-0.3, -0.25) is 4.79 Å².